The summed E-state index contributed by atoms with van der Waals surface area (Å²) in [6.45, 7) is 6.30. The van der Waals surface area contributed by atoms with E-state index in [0.717, 1.165) is 13.0 Å². The molecule has 0 aliphatic rings. The minimum Gasteiger partial charge on any atom is -0.497 e. The summed E-state index contributed by atoms with van der Waals surface area (Å²) in [5, 5.41) is 2.86. The van der Waals surface area contributed by atoms with Crippen molar-refractivity contribution >= 4 is 5.91 Å². The van der Waals surface area contributed by atoms with E-state index in [1.165, 1.54) is 0 Å². The number of benzene rings is 1. The van der Waals surface area contributed by atoms with E-state index in [1.54, 1.807) is 25.3 Å². The van der Waals surface area contributed by atoms with Crippen molar-refractivity contribution < 1.29 is 14.3 Å². The zero-order chi connectivity index (χ0) is 14.1. The van der Waals surface area contributed by atoms with Crippen molar-refractivity contribution in [1.29, 1.82) is 0 Å². The molecule has 0 aliphatic carbocycles. The van der Waals surface area contributed by atoms with Crippen LogP contribution in [0.5, 0.6) is 5.75 Å². The Bertz CT molecular complexity index is 391. The van der Waals surface area contributed by atoms with E-state index in [2.05, 4.69) is 19.2 Å². The van der Waals surface area contributed by atoms with Gasteiger partial charge in [-0.25, -0.2) is 0 Å². The third kappa shape index (κ3) is 6.25. The first-order valence-corrected chi connectivity index (χ1v) is 6.63. The maximum Gasteiger partial charge on any atom is 0.251 e. The van der Waals surface area contributed by atoms with Gasteiger partial charge >= 0.3 is 0 Å². The van der Waals surface area contributed by atoms with Crippen molar-refractivity contribution in [2.75, 3.05) is 26.9 Å². The van der Waals surface area contributed by atoms with Crippen LogP contribution in [0.2, 0.25) is 0 Å². The second-order valence-corrected chi connectivity index (χ2v) is 4.81. The van der Waals surface area contributed by atoms with Crippen molar-refractivity contribution in [3.63, 3.8) is 0 Å². The Morgan fingerprint density at radius 1 is 1.37 bits per heavy atom. The summed E-state index contributed by atoms with van der Waals surface area (Å²) >= 11 is 0. The molecule has 1 amide bonds. The molecule has 1 N–H and O–H groups in total. The van der Waals surface area contributed by atoms with Crippen LogP contribution in [-0.4, -0.2) is 32.8 Å². The summed E-state index contributed by atoms with van der Waals surface area (Å²) in [5.74, 6) is 1.15. The summed E-state index contributed by atoms with van der Waals surface area (Å²) in [4.78, 5) is 11.8. The molecule has 1 aromatic rings. The number of hydrogen-bond acceptors (Lipinski definition) is 3. The third-order valence-corrected chi connectivity index (χ3v) is 2.53. The monoisotopic (exact) mass is 265 g/mol. The highest BCUT2D eigenvalue weighted by molar-refractivity contribution is 5.94. The molecule has 0 saturated heterocycles. The van der Waals surface area contributed by atoms with E-state index in [4.69, 9.17) is 9.47 Å². The highest BCUT2D eigenvalue weighted by Gasteiger charge is 2.05. The van der Waals surface area contributed by atoms with Crippen LogP contribution in [0.15, 0.2) is 24.3 Å². The molecular weight excluding hydrogens is 242 g/mol. The Morgan fingerprint density at radius 3 is 2.84 bits per heavy atom. The van der Waals surface area contributed by atoms with E-state index in [-0.39, 0.29) is 5.91 Å². The van der Waals surface area contributed by atoms with Gasteiger partial charge in [0.15, 0.2) is 0 Å². The molecule has 0 radical (unpaired) electrons. The van der Waals surface area contributed by atoms with Gasteiger partial charge in [-0.05, 0) is 30.5 Å². The number of rotatable bonds is 8. The lowest BCUT2D eigenvalue weighted by atomic mass is 10.2. The van der Waals surface area contributed by atoms with Crippen molar-refractivity contribution in [3.8, 4) is 5.75 Å². The lowest BCUT2D eigenvalue weighted by Gasteiger charge is -2.08. The Hall–Kier alpha value is -1.55. The standard InChI is InChI=1S/C15H23NO3/c1-12(2)11-19-9-5-8-16-15(17)13-6-4-7-14(10-13)18-3/h4,6-7,10,12H,5,8-9,11H2,1-3H3,(H,16,17). The predicted octanol–water partition coefficient (Wildman–Crippen LogP) is 2.49. The van der Waals surface area contributed by atoms with Crippen molar-refractivity contribution in [3.05, 3.63) is 29.8 Å². The highest BCUT2D eigenvalue weighted by Crippen LogP contribution is 2.12. The Labute approximate surface area is 115 Å². The fourth-order valence-electron chi connectivity index (χ4n) is 1.56. The van der Waals surface area contributed by atoms with Gasteiger partial charge in [-0.1, -0.05) is 19.9 Å². The van der Waals surface area contributed by atoms with Gasteiger partial charge in [0, 0.05) is 25.3 Å². The van der Waals surface area contributed by atoms with Crippen LogP contribution < -0.4 is 10.1 Å². The number of carbonyl (C=O) groups excluding carboxylic acids is 1. The maximum absolute atomic E-state index is 11.8. The summed E-state index contributed by atoms with van der Waals surface area (Å²) < 4.78 is 10.5. The predicted molar refractivity (Wildman–Crippen MR) is 75.6 cm³/mol. The SMILES string of the molecule is COc1cccc(C(=O)NCCCOCC(C)C)c1. The zero-order valence-corrected chi connectivity index (χ0v) is 11.9. The highest BCUT2D eigenvalue weighted by atomic mass is 16.5. The molecular formula is C15H23NO3. The molecule has 0 fully saturated rings. The van der Waals surface area contributed by atoms with Crippen LogP contribution in [0.1, 0.15) is 30.6 Å². The normalized spacial score (nSPS) is 10.5. The van der Waals surface area contributed by atoms with Crippen LogP contribution in [0.25, 0.3) is 0 Å². The Balaban J connectivity index is 2.23. The fraction of sp³-hybridized carbons (Fsp3) is 0.533. The average Bonchev–Trinajstić information content (AvgIpc) is 2.42. The summed E-state index contributed by atoms with van der Waals surface area (Å²) in [5.41, 5.74) is 0.613. The second-order valence-electron chi connectivity index (χ2n) is 4.81. The number of ether oxygens (including phenoxy) is 2. The van der Waals surface area contributed by atoms with Crippen LogP contribution in [0.3, 0.4) is 0 Å². The van der Waals surface area contributed by atoms with Crippen LogP contribution >= 0.6 is 0 Å². The van der Waals surface area contributed by atoms with E-state index in [1.807, 2.05) is 6.07 Å². The molecule has 0 atom stereocenters. The minimum absolute atomic E-state index is 0.0808. The molecule has 1 aromatic carbocycles. The molecule has 4 heteroatoms. The fourth-order valence-corrected chi connectivity index (χ4v) is 1.56. The smallest absolute Gasteiger partial charge is 0.251 e. The topological polar surface area (TPSA) is 47.6 Å². The van der Waals surface area contributed by atoms with Gasteiger partial charge in [-0.2, -0.15) is 0 Å². The molecule has 106 valence electrons. The van der Waals surface area contributed by atoms with Gasteiger partial charge < -0.3 is 14.8 Å². The first-order valence-electron chi connectivity index (χ1n) is 6.63. The zero-order valence-electron chi connectivity index (χ0n) is 11.9. The summed E-state index contributed by atoms with van der Waals surface area (Å²) in [6, 6.07) is 7.12. The van der Waals surface area contributed by atoms with Gasteiger partial charge in [-0.15, -0.1) is 0 Å². The first-order chi connectivity index (χ1) is 9.13. The van der Waals surface area contributed by atoms with Crippen LogP contribution in [0, 0.1) is 5.92 Å². The number of carbonyl (C=O) groups is 1. The van der Waals surface area contributed by atoms with Crippen LogP contribution in [-0.2, 0) is 4.74 Å². The maximum atomic E-state index is 11.8. The molecule has 19 heavy (non-hydrogen) atoms. The first kappa shape index (κ1) is 15.5. The Morgan fingerprint density at radius 2 is 2.16 bits per heavy atom. The molecule has 1 rings (SSSR count). The number of methoxy groups -OCH3 is 1. The van der Waals surface area contributed by atoms with E-state index in [0.29, 0.717) is 30.4 Å². The third-order valence-electron chi connectivity index (χ3n) is 2.53. The summed E-state index contributed by atoms with van der Waals surface area (Å²) in [6.07, 6.45) is 0.822. The second kappa shape index (κ2) is 8.53. The van der Waals surface area contributed by atoms with Crippen molar-refractivity contribution in [2.24, 2.45) is 5.92 Å². The molecule has 4 nitrogen and oxygen atoms in total. The van der Waals surface area contributed by atoms with Crippen LogP contribution in [0.4, 0.5) is 0 Å². The molecule has 0 bridgehead atoms. The molecule has 0 spiro atoms. The van der Waals surface area contributed by atoms with E-state index < -0.39 is 0 Å². The quantitative estimate of drug-likeness (QED) is 0.735. The van der Waals surface area contributed by atoms with Gasteiger partial charge in [0.05, 0.1) is 7.11 Å². The molecule has 0 unspecified atom stereocenters. The van der Waals surface area contributed by atoms with E-state index >= 15 is 0 Å². The largest absolute Gasteiger partial charge is 0.497 e. The minimum atomic E-state index is -0.0808. The van der Waals surface area contributed by atoms with Gasteiger partial charge in [0.1, 0.15) is 5.75 Å². The van der Waals surface area contributed by atoms with Crippen molar-refractivity contribution in [1.82, 2.24) is 5.32 Å². The number of hydrogen-bond donors (Lipinski definition) is 1. The molecule has 0 aromatic heterocycles. The summed E-state index contributed by atoms with van der Waals surface area (Å²) in [7, 11) is 1.59. The Kier molecular flexibility index (Phi) is 6.97. The van der Waals surface area contributed by atoms with Gasteiger partial charge in [0.2, 0.25) is 0 Å². The lowest BCUT2D eigenvalue weighted by molar-refractivity contribution is 0.0924. The molecule has 0 saturated carbocycles. The number of amides is 1. The average molecular weight is 265 g/mol. The van der Waals surface area contributed by atoms with E-state index in [9.17, 15) is 4.79 Å². The lowest BCUT2D eigenvalue weighted by Crippen LogP contribution is -2.25. The van der Waals surface area contributed by atoms with Gasteiger partial charge in [0.25, 0.3) is 5.91 Å². The van der Waals surface area contributed by atoms with Gasteiger partial charge in [-0.3, -0.25) is 4.79 Å². The molecule has 0 aliphatic heterocycles. The van der Waals surface area contributed by atoms with Crippen molar-refractivity contribution in [2.45, 2.75) is 20.3 Å². The molecule has 0 heterocycles. The number of nitrogens with one attached hydrogen (secondary N) is 1.